The third-order valence-corrected chi connectivity index (χ3v) is 3.80. The van der Waals surface area contributed by atoms with Crippen molar-refractivity contribution in [1.82, 2.24) is 15.2 Å². The van der Waals surface area contributed by atoms with Crippen LogP contribution in [-0.4, -0.2) is 67.4 Å². The highest BCUT2D eigenvalue weighted by atomic mass is 127. The van der Waals surface area contributed by atoms with Crippen LogP contribution in [0.2, 0.25) is 0 Å². The Morgan fingerprint density at radius 1 is 1.29 bits per heavy atom. The number of amides is 2. The van der Waals surface area contributed by atoms with E-state index in [0.29, 0.717) is 19.0 Å². The van der Waals surface area contributed by atoms with E-state index in [1.165, 1.54) is 11.0 Å². The summed E-state index contributed by atoms with van der Waals surface area (Å²) in [7, 11) is 1.56. The van der Waals surface area contributed by atoms with E-state index in [9.17, 15) is 9.59 Å². The van der Waals surface area contributed by atoms with Crippen LogP contribution >= 0.6 is 22.6 Å². The highest BCUT2D eigenvalue weighted by Crippen LogP contribution is 2.11. The summed E-state index contributed by atoms with van der Waals surface area (Å²) in [4.78, 5) is 29.7. The summed E-state index contributed by atoms with van der Waals surface area (Å²) in [5, 5.41) is 2.67. The highest BCUT2D eigenvalue weighted by Gasteiger charge is 2.21. The van der Waals surface area contributed by atoms with Gasteiger partial charge in [-0.3, -0.25) is 4.79 Å². The van der Waals surface area contributed by atoms with Gasteiger partial charge in [-0.15, -0.1) is 0 Å². The number of rotatable bonds is 10. The molecule has 0 unspecified atom stereocenters. The van der Waals surface area contributed by atoms with Crippen LogP contribution in [0.25, 0.3) is 0 Å². The molecule has 0 aliphatic carbocycles. The number of nitrogens with zero attached hydrogens (tertiary/aromatic N) is 2. The normalized spacial score (nSPS) is 11.3. The lowest BCUT2D eigenvalue weighted by molar-refractivity contribution is -0.116. The second kappa shape index (κ2) is 12.6. The van der Waals surface area contributed by atoms with Gasteiger partial charge < -0.3 is 24.4 Å². The monoisotopic (exact) mass is 505 g/mol. The topological polar surface area (TPSA) is 90.0 Å². The fourth-order valence-electron chi connectivity index (χ4n) is 1.91. The van der Waals surface area contributed by atoms with Crippen LogP contribution in [0.5, 0.6) is 5.88 Å². The summed E-state index contributed by atoms with van der Waals surface area (Å²) >= 11 is 2.16. The van der Waals surface area contributed by atoms with Crippen molar-refractivity contribution >= 4 is 34.6 Å². The van der Waals surface area contributed by atoms with E-state index in [4.69, 9.17) is 14.2 Å². The predicted octanol–water partition coefficient (Wildman–Crippen LogP) is 2.62. The van der Waals surface area contributed by atoms with Gasteiger partial charge in [0, 0.05) is 42.1 Å². The van der Waals surface area contributed by atoms with Crippen LogP contribution in [0.4, 0.5) is 4.79 Å². The fourth-order valence-corrected chi connectivity index (χ4v) is 2.23. The Bertz CT molecular complexity index is 644. The van der Waals surface area contributed by atoms with Gasteiger partial charge in [-0.1, -0.05) is 6.08 Å². The van der Waals surface area contributed by atoms with E-state index in [1.54, 1.807) is 46.2 Å². The fraction of sp³-hybridized carbons (Fsp3) is 0.526. The first-order valence-corrected chi connectivity index (χ1v) is 9.94. The molecular weight excluding hydrogens is 477 g/mol. The molecule has 156 valence electrons. The van der Waals surface area contributed by atoms with E-state index in [1.807, 2.05) is 6.07 Å². The van der Waals surface area contributed by atoms with Crippen molar-refractivity contribution in [3.8, 4) is 5.88 Å². The lowest BCUT2D eigenvalue weighted by atomic mass is 10.2. The maximum Gasteiger partial charge on any atom is 0.410 e. The number of methoxy groups -OCH3 is 1. The number of carbonyl (C=O) groups excluding carboxylic acids is 2. The number of nitrogens with one attached hydrogen (secondary N) is 1. The third-order valence-electron chi connectivity index (χ3n) is 3.16. The minimum absolute atomic E-state index is 0.218. The number of hydrogen-bond donors (Lipinski definition) is 1. The van der Waals surface area contributed by atoms with Crippen molar-refractivity contribution in [2.45, 2.75) is 26.4 Å². The van der Waals surface area contributed by atoms with Gasteiger partial charge in [-0.05, 0) is 49.4 Å². The van der Waals surface area contributed by atoms with Gasteiger partial charge in [0.2, 0.25) is 11.8 Å². The van der Waals surface area contributed by atoms with Gasteiger partial charge in [0.15, 0.2) is 0 Å². The van der Waals surface area contributed by atoms with E-state index < -0.39 is 11.7 Å². The summed E-state index contributed by atoms with van der Waals surface area (Å²) in [5.74, 6) is 0.234. The second-order valence-corrected chi connectivity index (χ2v) is 8.02. The van der Waals surface area contributed by atoms with Crippen LogP contribution < -0.4 is 10.1 Å². The Hall–Kier alpha value is -1.88. The van der Waals surface area contributed by atoms with Crippen LogP contribution in [0.3, 0.4) is 0 Å². The molecule has 0 fully saturated rings. The molecule has 9 heteroatoms. The van der Waals surface area contributed by atoms with Crippen molar-refractivity contribution in [3.05, 3.63) is 34.1 Å². The smallest absolute Gasteiger partial charge is 0.410 e. The Kier molecular flexibility index (Phi) is 10.8. The molecule has 0 spiro atoms. The van der Waals surface area contributed by atoms with Crippen LogP contribution in [0.15, 0.2) is 30.5 Å². The maximum atomic E-state index is 12.4. The lowest BCUT2D eigenvalue weighted by Crippen LogP contribution is -2.39. The van der Waals surface area contributed by atoms with Gasteiger partial charge in [0.25, 0.3) is 0 Å². The van der Waals surface area contributed by atoms with Gasteiger partial charge >= 0.3 is 6.09 Å². The third kappa shape index (κ3) is 11.1. The molecule has 0 aromatic carbocycles. The second-order valence-electron chi connectivity index (χ2n) is 6.78. The molecule has 1 heterocycles. The zero-order chi connectivity index (χ0) is 21.0. The molecule has 8 nitrogen and oxygen atoms in total. The molecule has 0 aliphatic rings. The summed E-state index contributed by atoms with van der Waals surface area (Å²) in [6.45, 7) is 7.02. The molecule has 1 aromatic heterocycles. The van der Waals surface area contributed by atoms with Crippen molar-refractivity contribution in [1.29, 1.82) is 0 Å². The molecule has 0 bridgehead atoms. The van der Waals surface area contributed by atoms with E-state index in [0.717, 1.165) is 3.57 Å². The molecule has 0 aliphatic heterocycles. The zero-order valence-corrected chi connectivity index (χ0v) is 18.9. The van der Waals surface area contributed by atoms with E-state index in [-0.39, 0.29) is 25.6 Å². The highest BCUT2D eigenvalue weighted by molar-refractivity contribution is 14.1. The predicted molar refractivity (Wildman–Crippen MR) is 114 cm³/mol. The SMILES string of the molecule is COCCNC(=O)/C=C/CN(CCOc1ccc(I)cn1)C(=O)OC(C)(C)C. The minimum atomic E-state index is -0.616. The Labute approximate surface area is 179 Å². The number of aromatic nitrogens is 1. The Balaban J connectivity index is 2.59. The van der Waals surface area contributed by atoms with Crippen molar-refractivity contribution < 1.29 is 23.8 Å². The summed E-state index contributed by atoms with van der Waals surface area (Å²) < 4.78 is 16.9. The molecule has 0 atom stereocenters. The standard InChI is InChI=1S/C19H28IN3O5/c1-19(2,3)28-18(25)23(10-5-6-16(24)21-9-12-26-4)11-13-27-17-8-7-15(20)14-22-17/h5-8,14H,9-13H2,1-4H3,(H,21,24)/b6-5+. The number of pyridine rings is 1. The average molecular weight is 505 g/mol. The number of ether oxygens (including phenoxy) is 3. The van der Waals surface area contributed by atoms with Crippen LogP contribution in [0.1, 0.15) is 20.8 Å². The van der Waals surface area contributed by atoms with Gasteiger partial charge in [-0.25, -0.2) is 9.78 Å². The summed E-state index contributed by atoms with van der Waals surface area (Å²) in [5.41, 5.74) is -0.616. The summed E-state index contributed by atoms with van der Waals surface area (Å²) in [6.07, 6.45) is 4.21. The van der Waals surface area contributed by atoms with E-state index in [2.05, 4.69) is 32.9 Å². The van der Waals surface area contributed by atoms with Crippen LogP contribution in [0, 0.1) is 3.57 Å². The largest absolute Gasteiger partial charge is 0.476 e. The maximum absolute atomic E-state index is 12.4. The Morgan fingerprint density at radius 2 is 2.04 bits per heavy atom. The number of carbonyl (C=O) groups is 2. The van der Waals surface area contributed by atoms with Gasteiger partial charge in [0.1, 0.15) is 12.2 Å². The Morgan fingerprint density at radius 3 is 2.64 bits per heavy atom. The quantitative estimate of drug-likeness (QED) is 0.299. The molecule has 1 aromatic rings. The molecule has 1 rings (SSSR count). The first-order valence-electron chi connectivity index (χ1n) is 8.87. The van der Waals surface area contributed by atoms with Crippen molar-refractivity contribution in [2.24, 2.45) is 0 Å². The zero-order valence-electron chi connectivity index (χ0n) is 16.7. The first-order chi connectivity index (χ1) is 13.2. The van der Waals surface area contributed by atoms with E-state index >= 15 is 0 Å². The van der Waals surface area contributed by atoms with Crippen molar-refractivity contribution in [3.63, 3.8) is 0 Å². The molecule has 2 amide bonds. The first kappa shape index (κ1) is 24.2. The molecule has 0 saturated heterocycles. The molecular formula is C19H28IN3O5. The van der Waals surface area contributed by atoms with Crippen molar-refractivity contribution in [2.75, 3.05) is 40.0 Å². The molecule has 0 radical (unpaired) electrons. The molecule has 1 N–H and O–H groups in total. The van der Waals surface area contributed by atoms with Gasteiger partial charge in [0.05, 0.1) is 13.2 Å². The minimum Gasteiger partial charge on any atom is -0.476 e. The molecule has 28 heavy (non-hydrogen) atoms. The molecule has 0 saturated carbocycles. The number of hydrogen-bond acceptors (Lipinski definition) is 6. The van der Waals surface area contributed by atoms with Gasteiger partial charge in [-0.2, -0.15) is 0 Å². The number of halogens is 1. The van der Waals surface area contributed by atoms with Crippen LogP contribution in [-0.2, 0) is 14.3 Å². The lowest BCUT2D eigenvalue weighted by Gasteiger charge is -2.26. The average Bonchev–Trinajstić information content (AvgIpc) is 2.60. The summed E-state index contributed by atoms with van der Waals surface area (Å²) in [6, 6.07) is 3.66.